The molecule has 0 aliphatic carbocycles. The minimum Gasteiger partial charge on any atom is -0.450 e. The van der Waals surface area contributed by atoms with Crippen LogP contribution in [0.2, 0.25) is 0 Å². The van der Waals surface area contributed by atoms with Crippen molar-refractivity contribution >= 4 is 29.0 Å². The van der Waals surface area contributed by atoms with Gasteiger partial charge in [0.15, 0.2) is 12.4 Å². The Morgan fingerprint density at radius 2 is 1.60 bits per heavy atom. The fourth-order valence-electron chi connectivity index (χ4n) is 2.71. The van der Waals surface area contributed by atoms with Crippen LogP contribution < -0.4 is 10.2 Å². The summed E-state index contributed by atoms with van der Waals surface area (Å²) in [6.45, 7) is 1.06. The molecule has 0 fully saturated rings. The van der Waals surface area contributed by atoms with Crippen LogP contribution in [0, 0.1) is 0 Å². The molecule has 1 N–H and O–H groups in total. The smallest absolute Gasteiger partial charge is 0.374 e. The number of carbonyl (C=O) groups excluding carboxylic acids is 3. The van der Waals surface area contributed by atoms with E-state index in [0.29, 0.717) is 17.0 Å². The quantitative estimate of drug-likeness (QED) is 0.471. The van der Waals surface area contributed by atoms with Gasteiger partial charge in [0.25, 0.3) is 5.91 Å². The van der Waals surface area contributed by atoms with E-state index in [2.05, 4.69) is 5.32 Å². The first-order valence-electron chi connectivity index (χ1n) is 9.29. The van der Waals surface area contributed by atoms with Gasteiger partial charge in [-0.2, -0.15) is 0 Å². The van der Waals surface area contributed by atoms with Gasteiger partial charge in [-0.05, 0) is 43.3 Å². The molecule has 0 spiro atoms. The zero-order valence-electron chi connectivity index (χ0n) is 17.0. The SMILES string of the molecule is CC(=O)c1ccc(-c2ccc(C(=O)OCC(=O)Nc3ccc(N(C)C)cc3)o2)cc1. The van der Waals surface area contributed by atoms with Crippen molar-refractivity contribution in [2.75, 3.05) is 30.9 Å². The van der Waals surface area contributed by atoms with Crippen molar-refractivity contribution in [2.24, 2.45) is 0 Å². The Bertz CT molecular complexity index is 1050. The van der Waals surface area contributed by atoms with Gasteiger partial charge in [0.05, 0.1) is 0 Å². The number of ketones is 1. The van der Waals surface area contributed by atoms with E-state index in [4.69, 9.17) is 9.15 Å². The number of ether oxygens (including phenoxy) is 1. The molecule has 0 bridgehead atoms. The Hall–Kier alpha value is -3.87. The monoisotopic (exact) mass is 406 g/mol. The standard InChI is InChI=1S/C23H22N2O5/c1-15(26)16-4-6-17(7-5-16)20-12-13-21(30-20)23(28)29-14-22(27)24-18-8-10-19(11-9-18)25(2)3/h4-13H,14H2,1-3H3,(H,24,27). The van der Waals surface area contributed by atoms with Crippen molar-refractivity contribution in [3.63, 3.8) is 0 Å². The van der Waals surface area contributed by atoms with Crippen LogP contribution in [0.15, 0.2) is 65.1 Å². The lowest BCUT2D eigenvalue weighted by Gasteiger charge is -2.13. The average molecular weight is 406 g/mol. The van der Waals surface area contributed by atoms with Gasteiger partial charge in [-0.1, -0.05) is 24.3 Å². The Labute approximate surface area is 174 Å². The Morgan fingerprint density at radius 1 is 0.933 bits per heavy atom. The minimum atomic E-state index is -0.736. The highest BCUT2D eigenvalue weighted by atomic mass is 16.5. The number of nitrogens with zero attached hydrogens (tertiary/aromatic N) is 1. The Morgan fingerprint density at radius 3 is 2.20 bits per heavy atom. The van der Waals surface area contributed by atoms with E-state index in [1.807, 2.05) is 31.1 Å². The van der Waals surface area contributed by atoms with Gasteiger partial charge in [0.1, 0.15) is 5.76 Å². The molecule has 0 saturated carbocycles. The zero-order chi connectivity index (χ0) is 21.7. The molecule has 1 amide bonds. The molecule has 1 aromatic heterocycles. The first kappa shape index (κ1) is 20.9. The molecular weight excluding hydrogens is 384 g/mol. The summed E-state index contributed by atoms with van der Waals surface area (Å²) in [5.41, 5.74) is 2.92. The number of amides is 1. The number of anilines is 2. The van der Waals surface area contributed by atoms with Gasteiger partial charge in [-0.15, -0.1) is 0 Å². The van der Waals surface area contributed by atoms with Gasteiger partial charge >= 0.3 is 5.97 Å². The minimum absolute atomic E-state index is 0.0104. The van der Waals surface area contributed by atoms with Gasteiger partial charge in [0.2, 0.25) is 5.76 Å². The number of benzene rings is 2. The number of carbonyl (C=O) groups is 3. The second-order valence-corrected chi connectivity index (χ2v) is 6.86. The van der Waals surface area contributed by atoms with Crippen molar-refractivity contribution < 1.29 is 23.5 Å². The van der Waals surface area contributed by atoms with Gasteiger partial charge in [-0.3, -0.25) is 9.59 Å². The average Bonchev–Trinajstić information content (AvgIpc) is 3.23. The summed E-state index contributed by atoms with van der Waals surface area (Å²) in [6.07, 6.45) is 0. The summed E-state index contributed by atoms with van der Waals surface area (Å²) in [5.74, 6) is -0.768. The number of hydrogen-bond acceptors (Lipinski definition) is 6. The maximum absolute atomic E-state index is 12.2. The van der Waals surface area contributed by atoms with E-state index in [1.54, 1.807) is 42.5 Å². The molecule has 1 heterocycles. The van der Waals surface area contributed by atoms with Crippen LogP contribution in [0.5, 0.6) is 0 Å². The lowest BCUT2D eigenvalue weighted by molar-refractivity contribution is -0.119. The molecule has 0 radical (unpaired) electrons. The number of Topliss-reactive ketones (excluding diaryl/α,β-unsaturated/α-hetero) is 1. The Balaban J connectivity index is 1.55. The Kier molecular flexibility index (Phi) is 6.32. The molecule has 3 aromatic rings. The fourth-order valence-corrected chi connectivity index (χ4v) is 2.71. The van der Waals surface area contributed by atoms with E-state index in [1.165, 1.54) is 13.0 Å². The summed E-state index contributed by atoms with van der Waals surface area (Å²) in [5, 5.41) is 2.67. The largest absolute Gasteiger partial charge is 0.450 e. The highest BCUT2D eigenvalue weighted by Crippen LogP contribution is 2.23. The van der Waals surface area contributed by atoms with Crippen LogP contribution in [-0.2, 0) is 9.53 Å². The summed E-state index contributed by atoms with van der Waals surface area (Å²) in [7, 11) is 3.85. The predicted molar refractivity (Wildman–Crippen MR) is 114 cm³/mol. The number of esters is 1. The third-order valence-electron chi connectivity index (χ3n) is 4.38. The van der Waals surface area contributed by atoms with E-state index in [-0.39, 0.29) is 11.5 Å². The molecule has 154 valence electrons. The van der Waals surface area contributed by atoms with Crippen molar-refractivity contribution in [1.82, 2.24) is 0 Å². The zero-order valence-corrected chi connectivity index (χ0v) is 17.0. The lowest BCUT2D eigenvalue weighted by Crippen LogP contribution is -2.20. The molecule has 7 heteroatoms. The summed E-state index contributed by atoms with van der Waals surface area (Å²) in [6, 6.07) is 17.2. The van der Waals surface area contributed by atoms with Crippen LogP contribution in [0.4, 0.5) is 11.4 Å². The third-order valence-corrected chi connectivity index (χ3v) is 4.38. The fraction of sp³-hybridized carbons (Fsp3) is 0.174. The number of rotatable bonds is 7. The normalized spacial score (nSPS) is 10.4. The van der Waals surface area contributed by atoms with E-state index >= 15 is 0 Å². The highest BCUT2D eigenvalue weighted by molar-refractivity contribution is 5.95. The van der Waals surface area contributed by atoms with Crippen LogP contribution in [0.3, 0.4) is 0 Å². The van der Waals surface area contributed by atoms with Crippen LogP contribution in [0.1, 0.15) is 27.8 Å². The maximum atomic E-state index is 12.2. The van der Waals surface area contributed by atoms with Crippen LogP contribution >= 0.6 is 0 Å². The number of hydrogen-bond donors (Lipinski definition) is 1. The van der Waals surface area contributed by atoms with Crippen molar-refractivity contribution in [1.29, 1.82) is 0 Å². The first-order chi connectivity index (χ1) is 14.3. The maximum Gasteiger partial charge on any atom is 0.374 e. The summed E-state index contributed by atoms with van der Waals surface area (Å²) in [4.78, 5) is 37.5. The van der Waals surface area contributed by atoms with Crippen LogP contribution in [-0.4, -0.2) is 38.4 Å². The number of nitrogens with one attached hydrogen (secondary N) is 1. The molecule has 0 atom stereocenters. The molecular formula is C23H22N2O5. The van der Waals surface area contributed by atoms with Gasteiger partial charge in [-0.25, -0.2) is 4.79 Å². The summed E-state index contributed by atoms with van der Waals surface area (Å²) >= 11 is 0. The molecule has 0 saturated heterocycles. The molecule has 3 rings (SSSR count). The third kappa shape index (κ3) is 5.14. The molecule has 30 heavy (non-hydrogen) atoms. The molecule has 0 unspecified atom stereocenters. The second-order valence-electron chi connectivity index (χ2n) is 6.86. The molecule has 2 aromatic carbocycles. The highest BCUT2D eigenvalue weighted by Gasteiger charge is 2.16. The van der Waals surface area contributed by atoms with E-state index in [0.717, 1.165) is 11.3 Å². The predicted octanol–water partition coefficient (Wildman–Crippen LogP) is 4.01. The number of furan rings is 1. The molecule has 7 nitrogen and oxygen atoms in total. The van der Waals surface area contributed by atoms with Crippen LogP contribution in [0.25, 0.3) is 11.3 Å². The molecule has 0 aliphatic rings. The topological polar surface area (TPSA) is 88.8 Å². The van der Waals surface area contributed by atoms with Gasteiger partial charge < -0.3 is 19.4 Å². The molecule has 0 aliphatic heterocycles. The van der Waals surface area contributed by atoms with Gasteiger partial charge in [0, 0.05) is 36.6 Å². The van der Waals surface area contributed by atoms with Crippen molar-refractivity contribution in [3.05, 3.63) is 72.0 Å². The second kappa shape index (κ2) is 9.09. The van der Waals surface area contributed by atoms with Crippen molar-refractivity contribution in [2.45, 2.75) is 6.92 Å². The first-order valence-corrected chi connectivity index (χ1v) is 9.29. The van der Waals surface area contributed by atoms with Crippen molar-refractivity contribution in [3.8, 4) is 11.3 Å². The van der Waals surface area contributed by atoms with E-state index in [9.17, 15) is 14.4 Å². The lowest BCUT2D eigenvalue weighted by atomic mass is 10.1. The summed E-state index contributed by atoms with van der Waals surface area (Å²) < 4.78 is 10.5. The van der Waals surface area contributed by atoms with E-state index < -0.39 is 18.5 Å².